The summed E-state index contributed by atoms with van der Waals surface area (Å²) < 4.78 is 9.59. The normalized spacial score (nSPS) is 11.6. The lowest BCUT2D eigenvalue weighted by Crippen LogP contribution is -2.01. The molecule has 0 unspecified atom stereocenters. The Kier molecular flexibility index (Phi) is 16.0. The fraction of sp³-hybridized carbons (Fsp3) is 0. The van der Waals surface area contributed by atoms with Gasteiger partial charge >= 0.3 is 0 Å². The molecule has 16 aromatic carbocycles. The Labute approximate surface area is 645 Å². The molecule has 0 aliphatic rings. The average Bonchev–Trinajstić information content (AvgIpc) is 1.56. The van der Waals surface area contributed by atoms with Gasteiger partial charge in [0.2, 0.25) is 0 Å². The van der Waals surface area contributed by atoms with Crippen LogP contribution in [0.3, 0.4) is 0 Å². The topological polar surface area (TPSA) is 97.1 Å². The van der Waals surface area contributed by atoms with Crippen molar-refractivity contribution < 1.29 is 0 Å². The molecule has 0 amide bonds. The van der Waals surface area contributed by atoms with Crippen LogP contribution < -0.4 is 0 Å². The molecular weight excluding hydrogens is 1370 g/mol. The van der Waals surface area contributed by atoms with Gasteiger partial charge in [0.05, 0.1) is 44.1 Å². The predicted molar refractivity (Wildman–Crippen MR) is 460 cm³/mol. The van der Waals surface area contributed by atoms with Crippen molar-refractivity contribution >= 4 is 87.2 Å². The van der Waals surface area contributed by atoms with Gasteiger partial charge in [-0.15, -0.1) is 0 Å². The highest BCUT2D eigenvalue weighted by molar-refractivity contribution is 6.21. The standard InChI is InChI=1S/2C51H33N5/c1-5-16-34(17-6-1)37-28-29-42-44-32-43-41-26-13-14-27-45(41)56(48(43)33-47(44)55(46(42)31-37)39-23-11-4-12-24-39)40-25-15-22-38(30-40)51-53-49(35-18-7-2-8-19-35)52-50(54-51)36-20-9-3-10-21-36;1-4-16-34(17-5-1)37-22-14-24-39(30-37)55-45-28-12-10-26-41(45)43-32-44-42-27-11-13-29-46(42)56(48(44)33-47(43)55)40-25-15-23-38(31-40)51-53-49(35-18-6-2-7-19-35)52-50(54-51)36-20-8-3-9-21-36/h2*1-33H. The second-order valence-corrected chi connectivity index (χ2v) is 28.2. The highest BCUT2D eigenvalue weighted by Gasteiger charge is 2.24. The summed E-state index contributed by atoms with van der Waals surface area (Å²) >= 11 is 0. The van der Waals surface area contributed by atoms with Crippen LogP contribution in [0.15, 0.2) is 400 Å². The number of hydrogen-bond acceptors (Lipinski definition) is 6. The molecule has 0 bridgehead atoms. The third-order valence-corrected chi connectivity index (χ3v) is 21.5. The summed E-state index contributed by atoms with van der Waals surface area (Å²) in [7, 11) is 0. The monoisotopic (exact) mass is 1430 g/mol. The van der Waals surface area contributed by atoms with E-state index in [0.29, 0.717) is 34.9 Å². The molecular formula is C102H66N10. The molecule has 112 heavy (non-hydrogen) atoms. The maximum Gasteiger partial charge on any atom is 0.164 e. The molecule has 524 valence electrons. The SMILES string of the molecule is c1ccc(-c2ccc3c4cc5c6ccccc6n(-c6cccc(-c7nc(-c8ccccc8)nc(-c8ccccc8)n7)c6)c5cc4n(-c4ccccc4)c3c2)cc1.c1ccc(-c2cccc(-n3c4ccccc4c4cc5c6ccccc6n(-c6cccc(-c7nc(-c8ccccc8)nc(-c8ccccc8)n7)c6)c5cc43)c2)cc1. The Hall–Kier alpha value is -15.3. The third-order valence-electron chi connectivity index (χ3n) is 21.5. The van der Waals surface area contributed by atoms with Gasteiger partial charge in [0, 0.05) is 99.2 Å². The molecule has 0 atom stereocenters. The Morgan fingerprint density at radius 1 is 0.125 bits per heavy atom. The minimum absolute atomic E-state index is 0.626. The van der Waals surface area contributed by atoms with E-state index < -0.39 is 0 Å². The number of aromatic nitrogens is 10. The highest BCUT2D eigenvalue weighted by atomic mass is 15.1. The highest BCUT2D eigenvalue weighted by Crippen LogP contribution is 2.44. The minimum Gasteiger partial charge on any atom is -0.309 e. The van der Waals surface area contributed by atoms with Crippen LogP contribution in [0.5, 0.6) is 0 Å². The van der Waals surface area contributed by atoms with E-state index in [1.165, 1.54) is 76.4 Å². The maximum atomic E-state index is 5.05. The summed E-state index contributed by atoms with van der Waals surface area (Å²) in [5, 5.41) is 9.72. The molecule has 6 aromatic heterocycles. The number of para-hydroxylation sites is 4. The number of fused-ring (bicyclic) bond motifs is 12. The van der Waals surface area contributed by atoms with Crippen LogP contribution in [0.4, 0.5) is 0 Å². The molecule has 6 heterocycles. The van der Waals surface area contributed by atoms with Crippen molar-refractivity contribution in [3.63, 3.8) is 0 Å². The zero-order valence-electron chi connectivity index (χ0n) is 60.6. The van der Waals surface area contributed by atoms with Gasteiger partial charge in [-0.1, -0.05) is 303 Å². The van der Waals surface area contributed by atoms with Crippen LogP contribution in [0, 0.1) is 0 Å². The second kappa shape index (κ2) is 27.5. The van der Waals surface area contributed by atoms with Gasteiger partial charge < -0.3 is 18.3 Å². The Morgan fingerprint density at radius 2 is 0.357 bits per heavy atom. The van der Waals surface area contributed by atoms with E-state index in [1.807, 2.05) is 121 Å². The predicted octanol–water partition coefficient (Wildman–Crippen LogP) is 25.5. The van der Waals surface area contributed by atoms with Crippen LogP contribution in [-0.2, 0) is 0 Å². The Balaban J connectivity index is 0.000000141. The average molecular weight is 1430 g/mol. The zero-order valence-corrected chi connectivity index (χ0v) is 60.6. The number of rotatable bonds is 12. The lowest BCUT2D eigenvalue weighted by atomic mass is 10.0. The summed E-state index contributed by atoms with van der Waals surface area (Å²) in [6.07, 6.45) is 0. The van der Waals surface area contributed by atoms with Crippen LogP contribution in [0.1, 0.15) is 0 Å². The van der Waals surface area contributed by atoms with Gasteiger partial charge in [-0.3, -0.25) is 0 Å². The Bertz CT molecular complexity index is 7220. The first kappa shape index (κ1) is 65.1. The van der Waals surface area contributed by atoms with E-state index in [-0.39, 0.29) is 0 Å². The largest absolute Gasteiger partial charge is 0.309 e. The summed E-state index contributed by atoms with van der Waals surface area (Å²) in [5.41, 5.74) is 23.9. The lowest BCUT2D eigenvalue weighted by Gasteiger charge is -2.13. The van der Waals surface area contributed by atoms with E-state index >= 15 is 0 Å². The maximum absolute atomic E-state index is 5.05. The molecule has 22 rings (SSSR count). The smallest absolute Gasteiger partial charge is 0.164 e. The van der Waals surface area contributed by atoms with E-state index in [9.17, 15) is 0 Å². The number of hydrogen-bond donors (Lipinski definition) is 0. The molecule has 10 nitrogen and oxygen atoms in total. The molecule has 0 saturated heterocycles. The first-order chi connectivity index (χ1) is 55.5. The molecule has 0 radical (unpaired) electrons. The second-order valence-electron chi connectivity index (χ2n) is 28.2. The molecule has 0 saturated carbocycles. The molecule has 0 aliphatic heterocycles. The van der Waals surface area contributed by atoms with Crippen molar-refractivity contribution in [2.75, 3.05) is 0 Å². The number of nitrogens with zero attached hydrogens (tertiary/aromatic N) is 10. The summed E-state index contributed by atoms with van der Waals surface area (Å²) in [4.78, 5) is 30.1. The first-order valence-electron chi connectivity index (χ1n) is 37.7. The summed E-state index contributed by atoms with van der Waals surface area (Å²) in [6, 6.07) is 141. The van der Waals surface area contributed by atoms with E-state index in [2.05, 4.69) is 297 Å². The van der Waals surface area contributed by atoms with E-state index in [0.717, 1.165) is 89.2 Å². The van der Waals surface area contributed by atoms with Gasteiger partial charge in [0.15, 0.2) is 34.9 Å². The van der Waals surface area contributed by atoms with Gasteiger partial charge in [0.25, 0.3) is 0 Å². The lowest BCUT2D eigenvalue weighted by molar-refractivity contribution is 1.07. The van der Waals surface area contributed by atoms with Crippen molar-refractivity contribution in [3.05, 3.63) is 400 Å². The minimum atomic E-state index is 0.626. The van der Waals surface area contributed by atoms with Gasteiger partial charge in [-0.05, 0) is 119 Å². The van der Waals surface area contributed by atoms with Gasteiger partial charge in [0.1, 0.15) is 0 Å². The molecule has 0 aliphatic carbocycles. The Morgan fingerprint density at radius 3 is 0.705 bits per heavy atom. The number of benzene rings is 16. The van der Waals surface area contributed by atoms with Gasteiger partial charge in [-0.25, -0.2) is 29.9 Å². The van der Waals surface area contributed by atoms with Crippen molar-refractivity contribution in [1.29, 1.82) is 0 Å². The van der Waals surface area contributed by atoms with Crippen LogP contribution in [0.25, 0.3) is 201 Å². The van der Waals surface area contributed by atoms with Crippen molar-refractivity contribution in [2.24, 2.45) is 0 Å². The molecule has 22 aromatic rings. The summed E-state index contributed by atoms with van der Waals surface area (Å²) in [5.74, 6) is 3.82. The fourth-order valence-electron chi connectivity index (χ4n) is 16.3. The van der Waals surface area contributed by atoms with Gasteiger partial charge in [-0.2, -0.15) is 0 Å². The molecule has 0 fully saturated rings. The zero-order chi connectivity index (χ0) is 74.0. The summed E-state index contributed by atoms with van der Waals surface area (Å²) in [6.45, 7) is 0. The van der Waals surface area contributed by atoms with Crippen molar-refractivity contribution in [2.45, 2.75) is 0 Å². The molecule has 0 spiro atoms. The molecule has 0 N–H and O–H groups in total. The van der Waals surface area contributed by atoms with Crippen molar-refractivity contribution in [3.8, 4) is 113 Å². The van der Waals surface area contributed by atoms with Crippen LogP contribution in [-0.4, -0.2) is 48.2 Å². The van der Waals surface area contributed by atoms with E-state index in [1.54, 1.807) is 0 Å². The van der Waals surface area contributed by atoms with Crippen LogP contribution >= 0.6 is 0 Å². The first-order valence-corrected chi connectivity index (χ1v) is 37.7. The quantitative estimate of drug-likeness (QED) is 0.121. The fourth-order valence-corrected chi connectivity index (χ4v) is 16.3. The molecule has 10 heteroatoms. The van der Waals surface area contributed by atoms with E-state index in [4.69, 9.17) is 29.9 Å². The van der Waals surface area contributed by atoms with Crippen molar-refractivity contribution in [1.82, 2.24) is 48.2 Å². The van der Waals surface area contributed by atoms with Crippen LogP contribution in [0.2, 0.25) is 0 Å². The third kappa shape index (κ3) is 11.5.